The van der Waals surface area contributed by atoms with Crippen molar-refractivity contribution >= 4 is 6.98 Å². The van der Waals surface area contributed by atoms with Gasteiger partial charge in [-0.1, -0.05) is 41.7 Å². The first kappa shape index (κ1) is 13.7. The topological polar surface area (TPSA) is 0 Å². The molecule has 0 aliphatic carbocycles. The van der Waals surface area contributed by atoms with Crippen molar-refractivity contribution in [3.05, 3.63) is 35.4 Å². The molecule has 0 aromatic heterocycles. The Morgan fingerprint density at radius 2 is 1.69 bits per heavy atom. The third-order valence-electron chi connectivity index (χ3n) is 1.71. The maximum Gasteiger partial charge on any atom is 1.00 e. The summed E-state index contributed by atoms with van der Waals surface area (Å²) in [6.45, 7) is -3.01. The van der Waals surface area contributed by atoms with Gasteiger partial charge in [0.2, 0.25) is 0 Å². The van der Waals surface area contributed by atoms with E-state index in [-0.39, 0.29) is 51.4 Å². The largest absolute Gasteiger partial charge is 1.00 e. The second-order valence-corrected chi connectivity index (χ2v) is 2.84. The number of halogens is 3. The third-order valence-corrected chi connectivity index (χ3v) is 1.71. The van der Waals surface area contributed by atoms with Crippen molar-refractivity contribution in [3.8, 4) is 0 Å². The molecule has 13 heavy (non-hydrogen) atoms. The van der Waals surface area contributed by atoms with Gasteiger partial charge in [0.1, 0.15) is 0 Å². The van der Waals surface area contributed by atoms with Gasteiger partial charge in [0, 0.05) is 0 Å². The van der Waals surface area contributed by atoms with Crippen LogP contribution in [0.3, 0.4) is 0 Å². The maximum atomic E-state index is 12.0. The smallest absolute Gasteiger partial charge is 0.449 e. The molecular weight excluding hydrogens is 203 g/mol. The van der Waals surface area contributed by atoms with Crippen molar-refractivity contribution in [2.45, 2.75) is 13.2 Å². The van der Waals surface area contributed by atoms with Gasteiger partial charge in [-0.05, 0) is 6.92 Å². The maximum absolute atomic E-state index is 12.0. The standard InChI is InChI=1S/C8H9BF3.K/c1-7-4-2-3-5-8(7)6-9(10,11)12;/h2-5H,6H2,1H3;/q-1;+1. The van der Waals surface area contributed by atoms with Crippen molar-refractivity contribution in [2.75, 3.05) is 0 Å². The van der Waals surface area contributed by atoms with Gasteiger partial charge >= 0.3 is 58.4 Å². The van der Waals surface area contributed by atoms with E-state index in [9.17, 15) is 12.9 Å². The number of rotatable bonds is 2. The van der Waals surface area contributed by atoms with E-state index in [1.807, 2.05) is 0 Å². The summed E-state index contributed by atoms with van der Waals surface area (Å²) in [6, 6.07) is 6.58. The Bertz CT molecular complexity index is 272. The minimum Gasteiger partial charge on any atom is -0.449 e. The minimum absolute atomic E-state index is 0. The fourth-order valence-electron chi connectivity index (χ4n) is 1.09. The molecule has 0 saturated carbocycles. The minimum atomic E-state index is -4.70. The van der Waals surface area contributed by atoms with Gasteiger partial charge in [0.05, 0.1) is 0 Å². The molecule has 0 spiro atoms. The van der Waals surface area contributed by atoms with E-state index in [1.54, 1.807) is 25.1 Å². The van der Waals surface area contributed by atoms with E-state index >= 15 is 0 Å². The zero-order chi connectivity index (χ0) is 9.19. The summed E-state index contributed by atoms with van der Waals surface area (Å²) in [5, 5.41) is 0. The number of benzene rings is 1. The number of hydrogen-bond acceptors (Lipinski definition) is 0. The normalized spacial score (nSPS) is 10.8. The summed E-state index contributed by atoms with van der Waals surface area (Å²) in [6.07, 6.45) is -0.771. The van der Waals surface area contributed by atoms with Crippen LogP contribution in [0.4, 0.5) is 12.9 Å². The molecule has 0 saturated heterocycles. The van der Waals surface area contributed by atoms with Gasteiger partial charge in [-0.25, -0.2) is 0 Å². The molecule has 0 radical (unpaired) electrons. The zero-order valence-corrected chi connectivity index (χ0v) is 10.9. The number of aryl methyl sites for hydroxylation is 1. The van der Waals surface area contributed by atoms with Crippen LogP contribution in [0.1, 0.15) is 11.1 Å². The average molecular weight is 212 g/mol. The van der Waals surface area contributed by atoms with Crippen LogP contribution in [0.15, 0.2) is 24.3 Å². The van der Waals surface area contributed by atoms with Crippen LogP contribution in [0, 0.1) is 6.92 Å². The van der Waals surface area contributed by atoms with Crippen molar-refractivity contribution in [1.29, 1.82) is 0 Å². The molecule has 0 aliphatic heterocycles. The van der Waals surface area contributed by atoms with Crippen LogP contribution >= 0.6 is 0 Å². The molecule has 1 aromatic carbocycles. The van der Waals surface area contributed by atoms with Crippen LogP contribution in [-0.4, -0.2) is 6.98 Å². The van der Waals surface area contributed by atoms with Crippen molar-refractivity contribution in [1.82, 2.24) is 0 Å². The first-order chi connectivity index (χ1) is 5.49. The fraction of sp³-hybridized carbons (Fsp3) is 0.250. The van der Waals surface area contributed by atoms with E-state index in [4.69, 9.17) is 0 Å². The second-order valence-electron chi connectivity index (χ2n) is 2.84. The molecule has 0 heterocycles. The van der Waals surface area contributed by atoms with E-state index in [1.165, 1.54) is 6.07 Å². The summed E-state index contributed by atoms with van der Waals surface area (Å²) in [4.78, 5) is 0. The Labute approximate surface area is 118 Å². The molecule has 5 heteroatoms. The van der Waals surface area contributed by atoms with Gasteiger partial charge in [-0.2, -0.15) is 0 Å². The van der Waals surface area contributed by atoms with Crippen LogP contribution in [0.5, 0.6) is 0 Å². The van der Waals surface area contributed by atoms with Crippen LogP contribution < -0.4 is 51.4 Å². The Morgan fingerprint density at radius 3 is 2.15 bits per heavy atom. The molecule has 0 bridgehead atoms. The monoisotopic (exact) mass is 212 g/mol. The van der Waals surface area contributed by atoms with Gasteiger partial charge in [-0.15, -0.1) is 0 Å². The summed E-state index contributed by atoms with van der Waals surface area (Å²) < 4.78 is 36.0. The second kappa shape index (κ2) is 5.56. The molecule has 0 unspecified atom stereocenters. The van der Waals surface area contributed by atoms with Gasteiger partial charge in [0.25, 0.3) is 0 Å². The van der Waals surface area contributed by atoms with Crippen LogP contribution in [-0.2, 0) is 6.32 Å². The Balaban J connectivity index is 0.00000144. The summed E-state index contributed by atoms with van der Waals surface area (Å²) in [5.74, 6) is 0. The predicted molar refractivity (Wildman–Crippen MR) is 44.0 cm³/mol. The van der Waals surface area contributed by atoms with Crippen LogP contribution in [0.2, 0.25) is 0 Å². The number of hydrogen-bond donors (Lipinski definition) is 0. The summed E-state index contributed by atoms with van der Waals surface area (Å²) in [7, 11) is 0. The molecule has 1 rings (SSSR count). The Kier molecular flexibility index (Phi) is 5.86. The molecule has 1 aromatic rings. The summed E-state index contributed by atoms with van der Waals surface area (Å²) in [5.41, 5.74) is 1.08. The Hall–Kier alpha value is 0.711. The van der Waals surface area contributed by atoms with Gasteiger partial charge < -0.3 is 12.9 Å². The predicted octanol–water partition coefficient (Wildman–Crippen LogP) is -0.0719. The molecule has 0 atom stereocenters. The zero-order valence-electron chi connectivity index (χ0n) is 7.73. The molecule has 0 N–H and O–H groups in total. The first-order valence-corrected chi connectivity index (χ1v) is 3.74. The van der Waals surface area contributed by atoms with E-state index in [0.717, 1.165) is 0 Å². The molecule has 66 valence electrons. The average Bonchev–Trinajstić information content (AvgIpc) is 1.91. The van der Waals surface area contributed by atoms with Crippen molar-refractivity contribution in [2.24, 2.45) is 0 Å². The van der Waals surface area contributed by atoms with E-state index < -0.39 is 13.3 Å². The van der Waals surface area contributed by atoms with Crippen molar-refractivity contribution in [3.63, 3.8) is 0 Å². The molecule has 0 fully saturated rings. The quantitative estimate of drug-likeness (QED) is 0.602. The summed E-state index contributed by atoms with van der Waals surface area (Å²) >= 11 is 0. The molecule has 0 aliphatic rings. The van der Waals surface area contributed by atoms with Gasteiger partial charge in [0.15, 0.2) is 0 Å². The third kappa shape index (κ3) is 5.22. The van der Waals surface area contributed by atoms with Crippen LogP contribution in [0.25, 0.3) is 0 Å². The van der Waals surface area contributed by atoms with E-state index in [2.05, 4.69) is 0 Å². The van der Waals surface area contributed by atoms with Gasteiger partial charge in [-0.3, -0.25) is 0 Å². The Morgan fingerprint density at radius 1 is 1.15 bits per heavy atom. The van der Waals surface area contributed by atoms with Crippen molar-refractivity contribution < 1.29 is 64.3 Å². The SMILES string of the molecule is Cc1ccccc1C[B-](F)(F)F.[K+]. The molecular formula is C8H9BF3K. The van der Waals surface area contributed by atoms with E-state index in [0.29, 0.717) is 11.1 Å². The molecule has 0 nitrogen and oxygen atoms in total. The fourth-order valence-corrected chi connectivity index (χ4v) is 1.09. The first-order valence-electron chi connectivity index (χ1n) is 3.74. The molecule has 0 amide bonds.